The lowest BCUT2D eigenvalue weighted by Crippen LogP contribution is -2.40. The Balaban J connectivity index is 1.28. The van der Waals surface area contributed by atoms with Crippen LogP contribution in [0.1, 0.15) is 47.1 Å². The van der Waals surface area contributed by atoms with E-state index in [4.69, 9.17) is 15.0 Å². The molecule has 6 aromatic rings. The van der Waals surface area contributed by atoms with Gasteiger partial charge in [0.2, 0.25) is 0 Å². The van der Waals surface area contributed by atoms with Crippen LogP contribution in [-0.4, -0.2) is 26.8 Å². The van der Waals surface area contributed by atoms with Crippen LogP contribution < -0.4 is 4.90 Å². The number of hydrogen-bond donors (Lipinski definition) is 0. The summed E-state index contributed by atoms with van der Waals surface area (Å²) in [6.07, 6.45) is 0. The van der Waals surface area contributed by atoms with Gasteiger partial charge >= 0.3 is 0 Å². The predicted molar refractivity (Wildman–Crippen MR) is 170 cm³/mol. The molecular formula is C37H28N4O2. The minimum absolute atomic E-state index is 0.0332. The van der Waals surface area contributed by atoms with E-state index in [0.29, 0.717) is 39.7 Å². The molecule has 0 radical (unpaired) electrons. The van der Waals surface area contributed by atoms with Gasteiger partial charge in [0.05, 0.1) is 5.69 Å². The number of imide groups is 1. The first kappa shape index (κ1) is 26.4. The van der Waals surface area contributed by atoms with Crippen molar-refractivity contribution in [3.05, 3.63) is 132 Å². The van der Waals surface area contributed by atoms with Gasteiger partial charge in [0, 0.05) is 33.2 Å². The van der Waals surface area contributed by atoms with E-state index in [2.05, 4.69) is 32.9 Å². The van der Waals surface area contributed by atoms with Crippen molar-refractivity contribution in [2.24, 2.45) is 0 Å². The Morgan fingerprint density at radius 1 is 0.512 bits per heavy atom. The van der Waals surface area contributed by atoms with E-state index in [1.165, 1.54) is 10.5 Å². The van der Waals surface area contributed by atoms with Crippen LogP contribution in [0.15, 0.2) is 115 Å². The third-order valence-corrected chi connectivity index (χ3v) is 7.83. The molecule has 0 unspecified atom stereocenters. The molecule has 1 aliphatic rings. The van der Waals surface area contributed by atoms with Crippen LogP contribution in [0.5, 0.6) is 0 Å². The number of aromatic nitrogens is 3. The second kappa shape index (κ2) is 10.1. The van der Waals surface area contributed by atoms with Crippen molar-refractivity contribution < 1.29 is 9.59 Å². The van der Waals surface area contributed by atoms with Crippen LogP contribution in [0.2, 0.25) is 0 Å². The van der Waals surface area contributed by atoms with Crippen molar-refractivity contribution in [2.75, 3.05) is 4.90 Å². The highest BCUT2D eigenvalue weighted by molar-refractivity contribution is 6.35. The summed E-state index contributed by atoms with van der Waals surface area (Å²) in [5, 5.41) is 1.58. The van der Waals surface area contributed by atoms with Crippen molar-refractivity contribution in [2.45, 2.75) is 26.2 Å². The molecule has 0 aliphatic carbocycles. The van der Waals surface area contributed by atoms with Gasteiger partial charge in [-0.25, -0.2) is 19.9 Å². The molecule has 43 heavy (non-hydrogen) atoms. The maximum atomic E-state index is 13.5. The van der Waals surface area contributed by atoms with Crippen LogP contribution >= 0.6 is 0 Å². The van der Waals surface area contributed by atoms with Gasteiger partial charge in [-0.1, -0.05) is 99.6 Å². The van der Waals surface area contributed by atoms with Crippen molar-refractivity contribution >= 4 is 28.3 Å². The van der Waals surface area contributed by atoms with Gasteiger partial charge in [-0.05, 0) is 52.8 Å². The summed E-state index contributed by atoms with van der Waals surface area (Å²) in [5.41, 5.74) is 5.30. The Kier molecular flexibility index (Phi) is 6.20. The number of nitrogens with zero attached hydrogens (tertiary/aromatic N) is 4. The maximum Gasteiger partial charge on any atom is 0.265 e. The number of anilines is 1. The smallest absolute Gasteiger partial charge is 0.265 e. The molecule has 2 heterocycles. The van der Waals surface area contributed by atoms with Crippen molar-refractivity contribution in [1.29, 1.82) is 0 Å². The van der Waals surface area contributed by atoms with Crippen molar-refractivity contribution in [1.82, 2.24) is 15.0 Å². The largest absolute Gasteiger partial charge is 0.268 e. The van der Waals surface area contributed by atoms with Crippen molar-refractivity contribution in [3.8, 4) is 34.2 Å². The van der Waals surface area contributed by atoms with Crippen LogP contribution in [0, 0.1) is 0 Å². The Morgan fingerprint density at radius 3 is 1.47 bits per heavy atom. The molecule has 0 saturated carbocycles. The molecule has 0 N–H and O–H groups in total. The normalized spacial score (nSPS) is 13.0. The van der Waals surface area contributed by atoms with Crippen LogP contribution in [0.3, 0.4) is 0 Å². The highest BCUT2D eigenvalue weighted by Crippen LogP contribution is 2.34. The average molecular weight is 561 g/mol. The van der Waals surface area contributed by atoms with E-state index in [9.17, 15) is 9.59 Å². The van der Waals surface area contributed by atoms with Crippen LogP contribution in [-0.2, 0) is 5.41 Å². The zero-order chi connectivity index (χ0) is 29.7. The van der Waals surface area contributed by atoms with Crippen molar-refractivity contribution in [3.63, 3.8) is 0 Å². The molecule has 0 spiro atoms. The Hall–Kier alpha value is -5.49. The molecule has 1 aromatic heterocycles. The number of benzene rings is 5. The highest BCUT2D eigenvalue weighted by atomic mass is 16.2. The fourth-order valence-corrected chi connectivity index (χ4v) is 5.49. The Labute approximate surface area is 249 Å². The summed E-state index contributed by atoms with van der Waals surface area (Å²) in [6.45, 7) is 6.55. The summed E-state index contributed by atoms with van der Waals surface area (Å²) in [4.78, 5) is 42.8. The quantitative estimate of drug-likeness (QED) is 0.204. The predicted octanol–water partition coefficient (Wildman–Crippen LogP) is 8.12. The first-order valence-electron chi connectivity index (χ1n) is 14.2. The summed E-state index contributed by atoms with van der Waals surface area (Å²) in [6, 6.07) is 36.4. The van der Waals surface area contributed by atoms with Gasteiger partial charge in [-0.3, -0.25) is 9.59 Å². The standard InChI is InChI=1S/C37H28N4O2/c1-37(2,3)27-19-15-25(16-20-27)33-38-32(24-9-5-4-6-10-24)39-34(40-33)26-17-21-28(22-18-26)41-35(42)29-13-7-11-23-12-8-14-30(31(23)29)36(41)43/h4-22H,1-3H3. The minimum atomic E-state index is -0.338. The lowest BCUT2D eigenvalue weighted by molar-refractivity contribution is 0.0893. The monoisotopic (exact) mass is 560 g/mol. The maximum absolute atomic E-state index is 13.5. The lowest BCUT2D eigenvalue weighted by Gasteiger charge is -2.27. The minimum Gasteiger partial charge on any atom is -0.268 e. The van der Waals surface area contributed by atoms with Gasteiger partial charge < -0.3 is 0 Å². The summed E-state index contributed by atoms with van der Waals surface area (Å²) in [5.74, 6) is 0.959. The molecule has 0 fully saturated rings. The molecule has 0 bridgehead atoms. The van der Waals surface area contributed by atoms with Gasteiger partial charge in [0.15, 0.2) is 17.5 Å². The Bertz CT molecular complexity index is 1980. The van der Waals surface area contributed by atoms with E-state index in [0.717, 1.165) is 22.1 Å². The Morgan fingerprint density at radius 2 is 0.977 bits per heavy atom. The van der Waals surface area contributed by atoms with Crippen LogP contribution in [0.25, 0.3) is 44.9 Å². The molecule has 7 rings (SSSR count). The van der Waals surface area contributed by atoms with Gasteiger partial charge in [0.1, 0.15) is 0 Å². The van der Waals surface area contributed by atoms with Crippen LogP contribution in [0.4, 0.5) is 5.69 Å². The molecule has 6 nitrogen and oxygen atoms in total. The summed E-state index contributed by atoms with van der Waals surface area (Å²) in [7, 11) is 0. The van der Waals surface area contributed by atoms with E-state index in [1.54, 1.807) is 24.3 Å². The topological polar surface area (TPSA) is 76.1 Å². The average Bonchev–Trinajstić information content (AvgIpc) is 3.04. The third kappa shape index (κ3) is 4.67. The number of rotatable bonds is 4. The number of amides is 2. The van der Waals surface area contributed by atoms with E-state index in [1.807, 2.05) is 78.9 Å². The van der Waals surface area contributed by atoms with E-state index in [-0.39, 0.29) is 17.2 Å². The second-order valence-electron chi connectivity index (χ2n) is 11.7. The zero-order valence-electron chi connectivity index (χ0n) is 24.1. The molecule has 208 valence electrons. The molecule has 1 aliphatic heterocycles. The lowest BCUT2D eigenvalue weighted by atomic mass is 9.87. The summed E-state index contributed by atoms with van der Waals surface area (Å²) < 4.78 is 0. The SMILES string of the molecule is CC(C)(C)c1ccc(-c2nc(-c3ccccc3)nc(-c3ccc(N4C(=O)c5cccc6cccc(c56)C4=O)cc3)n2)cc1. The van der Waals surface area contributed by atoms with Gasteiger partial charge in [0.25, 0.3) is 11.8 Å². The fraction of sp³-hybridized carbons (Fsp3) is 0.108. The number of hydrogen-bond acceptors (Lipinski definition) is 5. The molecule has 6 heteroatoms. The summed E-state index contributed by atoms with van der Waals surface area (Å²) >= 11 is 0. The molecule has 5 aromatic carbocycles. The van der Waals surface area contributed by atoms with Gasteiger partial charge in [-0.2, -0.15) is 0 Å². The van der Waals surface area contributed by atoms with E-state index < -0.39 is 0 Å². The first-order chi connectivity index (χ1) is 20.8. The first-order valence-corrected chi connectivity index (χ1v) is 14.2. The van der Waals surface area contributed by atoms with Gasteiger partial charge in [-0.15, -0.1) is 0 Å². The third-order valence-electron chi connectivity index (χ3n) is 7.83. The second-order valence-corrected chi connectivity index (χ2v) is 11.7. The highest BCUT2D eigenvalue weighted by Gasteiger charge is 2.33. The zero-order valence-corrected chi connectivity index (χ0v) is 24.1. The molecule has 0 atom stereocenters. The number of carbonyl (C=O) groups excluding carboxylic acids is 2. The molecule has 2 amide bonds. The fourth-order valence-electron chi connectivity index (χ4n) is 5.49. The van der Waals surface area contributed by atoms with E-state index >= 15 is 0 Å². The molecule has 0 saturated heterocycles. The molecular weight excluding hydrogens is 532 g/mol. The number of carbonyl (C=O) groups is 2.